The molecule has 0 unspecified atom stereocenters. The summed E-state index contributed by atoms with van der Waals surface area (Å²) in [6.07, 6.45) is 8.95. The minimum absolute atomic E-state index is 0.180. The Labute approximate surface area is 160 Å². The number of hydrogen-bond acceptors (Lipinski definition) is 6. The van der Waals surface area contributed by atoms with Crippen molar-refractivity contribution < 1.29 is 14.7 Å². The number of aromatic carboxylic acids is 1. The van der Waals surface area contributed by atoms with Crippen LogP contribution in [0, 0.1) is 5.41 Å². The Kier molecular flexibility index (Phi) is 7.61. The van der Waals surface area contributed by atoms with Gasteiger partial charge < -0.3 is 5.11 Å². The molecule has 7 heteroatoms. The summed E-state index contributed by atoms with van der Waals surface area (Å²) < 4.78 is 2.44. The number of carbonyl (C=O) groups is 1. The van der Waals surface area contributed by atoms with E-state index in [9.17, 15) is 9.90 Å². The van der Waals surface area contributed by atoms with E-state index in [1.54, 1.807) is 18.4 Å². The molecule has 5 nitrogen and oxygen atoms in total. The monoisotopic (exact) mass is 386 g/mol. The molecule has 0 amide bonds. The van der Waals surface area contributed by atoms with E-state index in [0.29, 0.717) is 10.6 Å². The summed E-state index contributed by atoms with van der Waals surface area (Å²) in [5.74, 6) is -0.843. The number of carboxylic acids is 1. The van der Waals surface area contributed by atoms with Gasteiger partial charge in [0, 0.05) is 4.88 Å². The third kappa shape index (κ3) is 5.61. The molecule has 2 aliphatic rings. The summed E-state index contributed by atoms with van der Waals surface area (Å²) in [6.45, 7) is 4.43. The minimum atomic E-state index is -0.843. The molecule has 142 valence electrons. The molecule has 1 fully saturated rings. The molecular formula is C18H30N2O3S2. The number of nitrogens with one attached hydrogen (secondary N) is 2. The van der Waals surface area contributed by atoms with Crippen LogP contribution in [0.2, 0.25) is 0 Å². The van der Waals surface area contributed by atoms with Crippen molar-refractivity contribution in [2.45, 2.75) is 71.3 Å². The van der Waals surface area contributed by atoms with Crippen LogP contribution in [-0.4, -0.2) is 24.2 Å². The first-order valence-electron chi connectivity index (χ1n) is 8.98. The number of carboxylic acid groups (broad SMARTS) is 1. The average Bonchev–Trinajstić information content (AvgIpc) is 2.91. The number of rotatable bonds is 4. The first kappa shape index (κ1) is 20.6. The second-order valence-corrected chi connectivity index (χ2v) is 9.11. The van der Waals surface area contributed by atoms with E-state index in [1.807, 2.05) is 0 Å². The highest BCUT2D eigenvalue weighted by Gasteiger charge is 2.33. The van der Waals surface area contributed by atoms with E-state index < -0.39 is 5.97 Å². The molecule has 3 N–H and O–H groups in total. The van der Waals surface area contributed by atoms with Gasteiger partial charge in [-0.1, -0.05) is 45.9 Å². The molecule has 0 spiro atoms. The van der Waals surface area contributed by atoms with Crippen LogP contribution in [0.3, 0.4) is 0 Å². The van der Waals surface area contributed by atoms with Crippen molar-refractivity contribution in [1.29, 1.82) is 0 Å². The van der Waals surface area contributed by atoms with Crippen molar-refractivity contribution in [3.8, 4) is 0 Å². The van der Waals surface area contributed by atoms with Crippen molar-refractivity contribution in [3.05, 3.63) is 16.0 Å². The topological polar surface area (TPSA) is 70.6 Å². The maximum atomic E-state index is 11.7. The summed E-state index contributed by atoms with van der Waals surface area (Å²) in [6, 6.07) is 0. The second-order valence-electron chi connectivity index (χ2n) is 7.56. The van der Waals surface area contributed by atoms with Crippen molar-refractivity contribution in [1.82, 2.24) is 4.72 Å². The highest BCUT2D eigenvalue weighted by molar-refractivity contribution is 7.78. The summed E-state index contributed by atoms with van der Waals surface area (Å²) in [7, 11) is 1.74. The summed E-state index contributed by atoms with van der Waals surface area (Å²) in [4.78, 5) is 18.7. The van der Waals surface area contributed by atoms with E-state index in [0.717, 1.165) is 37.7 Å². The molecule has 1 aromatic heterocycles. The van der Waals surface area contributed by atoms with Gasteiger partial charge in [-0.25, -0.2) is 4.79 Å². The molecule has 1 saturated carbocycles. The number of thiophene rings is 1. The lowest BCUT2D eigenvalue weighted by Gasteiger charge is -2.29. The highest BCUT2D eigenvalue weighted by Crippen LogP contribution is 2.43. The molecule has 25 heavy (non-hydrogen) atoms. The van der Waals surface area contributed by atoms with Crippen LogP contribution in [0.25, 0.3) is 0 Å². The Morgan fingerprint density at radius 2 is 1.96 bits per heavy atom. The summed E-state index contributed by atoms with van der Waals surface area (Å²) >= 11 is 5.10. The number of anilines is 1. The van der Waals surface area contributed by atoms with Gasteiger partial charge in [0.15, 0.2) is 0 Å². The highest BCUT2D eigenvalue weighted by atomic mass is 32.1. The molecule has 0 aromatic carbocycles. The lowest BCUT2D eigenvalue weighted by atomic mass is 9.76. The smallest absolute Gasteiger partial charge is 0.339 e. The van der Waals surface area contributed by atoms with Crippen molar-refractivity contribution in [2.24, 2.45) is 5.41 Å². The average molecular weight is 387 g/mol. The molecule has 0 bridgehead atoms. The normalized spacial score (nSPS) is 19.5. The van der Waals surface area contributed by atoms with Crippen LogP contribution in [0.15, 0.2) is 0 Å². The second kappa shape index (κ2) is 9.26. The Morgan fingerprint density at radius 1 is 1.32 bits per heavy atom. The Hall–Kier alpha value is -0.760. The molecule has 0 atom stereocenters. The first-order chi connectivity index (χ1) is 11.9. The SMILES string of the molecule is CC1(C)CCc2sc(NOC3CCCCC3)c(C(=O)O)c2C1.CNS. The number of aryl methyl sites for hydroxylation is 1. The van der Waals surface area contributed by atoms with Gasteiger partial charge in [0.1, 0.15) is 5.00 Å². The van der Waals surface area contributed by atoms with Gasteiger partial charge in [-0.05, 0) is 50.1 Å². The predicted octanol–water partition coefficient (Wildman–Crippen LogP) is 4.69. The Bertz CT molecular complexity index is 581. The quantitative estimate of drug-likeness (QED) is 0.446. The van der Waals surface area contributed by atoms with Gasteiger partial charge in [0.25, 0.3) is 0 Å². The molecule has 1 heterocycles. The first-order valence-corrected chi connectivity index (χ1v) is 10.2. The molecule has 0 aliphatic heterocycles. The zero-order valence-electron chi connectivity index (χ0n) is 15.4. The number of thiol groups is 1. The lowest BCUT2D eigenvalue weighted by Crippen LogP contribution is -2.23. The van der Waals surface area contributed by atoms with Crippen LogP contribution in [0.1, 0.15) is 73.2 Å². The molecule has 3 rings (SSSR count). The Morgan fingerprint density at radius 3 is 2.56 bits per heavy atom. The van der Waals surface area contributed by atoms with E-state index in [2.05, 4.69) is 36.9 Å². The van der Waals surface area contributed by atoms with Crippen LogP contribution in [0.4, 0.5) is 5.00 Å². The van der Waals surface area contributed by atoms with Gasteiger partial charge in [-0.15, -0.1) is 11.3 Å². The summed E-state index contributed by atoms with van der Waals surface area (Å²) in [5.41, 5.74) is 4.62. The van der Waals surface area contributed by atoms with Gasteiger partial charge in [0.05, 0.1) is 11.7 Å². The van der Waals surface area contributed by atoms with Crippen LogP contribution >= 0.6 is 24.2 Å². The minimum Gasteiger partial charge on any atom is -0.478 e. The molecule has 0 radical (unpaired) electrons. The predicted molar refractivity (Wildman–Crippen MR) is 107 cm³/mol. The van der Waals surface area contributed by atoms with Crippen LogP contribution < -0.4 is 10.2 Å². The Balaban J connectivity index is 0.000000701. The van der Waals surface area contributed by atoms with Gasteiger partial charge >= 0.3 is 5.97 Å². The number of hydrogen-bond donors (Lipinski definition) is 4. The molecule has 2 aliphatic carbocycles. The van der Waals surface area contributed by atoms with E-state index in [1.165, 1.54) is 24.1 Å². The van der Waals surface area contributed by atoms with E-state index in [4.69, 9.17) is 4.84 Å². The van der Waals surface area contributed by atoms with Gasteiger partial charge in [-0.2, -0.15) is 0 Å². The fraction of sp³-hybridized carbons (Fsp3) is 0.722. The molecule has 0 saturated heterocycles. The maximum Gasteiger partial charge on any atom is 0.339 e. The maximum absolute atomic E-state index is 11.7. The standard InChI is InChI=1S/C17H25NO3S.CH5NS/c1-17(2)9-8-13-12(10-17)14(16(19)20)15(22-13)18-21-11-6-4-3-5-7-11;1-2-3/h11,18H,3-10H2,1-2H3,(H,19,20);2-3H,1H3. The number of fused-ring (bicyclic) bond motifs is 1. The third-order valence-corrected chi connectivity index (χ3v) is 6.05. The van der Waals surface area contributed by atoms with Gasteiger partial charge in [-0.3, -0.25) is 15.0 Å². The van der Waals surface area contributed by atoms with E-state index >= 15 is 0 Å². The lowest BCUT2D eigenvalue weighted by molar-refractivity contribution is 0.0653. The summed E-state index contributed by atoms with van der Waals surface area (Å²) in [5, 5.41) is 10.3. The zero-order chi connectivity index (χ0) is 18.4. The van der Waals surface area contributed by atoms with Crippen LogP contribution in [0.5, 0.6) is 0 Å². The molecular weight excluding hydrogens is 356 g/mol. The fourth-order valence-electron chi connectivity index (χ4n) is 3.54. The zero-order valence-corrected chi connectivity index (χ0v) is 17.1. The fourth-order valence-corrected chi connectivity index (χ4v) is 4.69. The van der Waals surface area contributed by atoms with Crippen molar-refractivity contribution in [2.75, 3.05) is 12.5 Å². The van der Waals surface area contributed by atoms with Crippen LogP contribution in [-0.2, 0) is 17.7 Å². The van der Waals surface area contributed by atoms with Crippen molar-refractivity contribution >= 4 is 35.1 Å². The van der Waals surface area contributed by atoms with Crippen molar-refractivity contribution in [3.63, 3.8) is 0 Å². The van der Waals surface area contributed by atoms with Gasteiger partial charge in [0.2, 0.25) is 0 Å². The third-order valence-electron chi connectivity index (χ3n) is 4.86. The largest absolute Gasteiger partial charge is 0.478 e. The van der Waals surface area contributed by atoms with E-state index in [-0.39, 0.29) is 11.5 Å². The molecule has 1 aromatic rings.